The van der Waals surface area contributed by atoms with Gasteiger partial charge in [-0.15, -0.1) is 0 Å². The summed E-state index contributed by atoms with van der Waals surface area (Å²) in [5.74, 6) is -0.706. The third-order valence-electron chi connectivity index (χ3n) is 2.05. The lowest BCUT2D eigenvalue weighted by Crippen LogP contribution is -2.14. The van der Waals surface area contributed by atoms with E-state index in [1.807, 2.05) is 20.8 Å². The molecule has 82 valence electrons. The molecule has 0 saturated carbocycles. The second-order valence-corrected chi connectivity index (χ2v) is 3.85. The fourth-order valence-electron chi connectivity index (χ4n) is 1.36. The minimum Gasteiger partial charge on any atom is -0.507 e. The van der Waals surface area contributed by atoms with Crippen molar-refractivity contribution in [2.24, 2.45) is 5.73 Å². The van der Waals surface area contributed by atoms with Gasteiger partial charge in [0.1, 0.15) is 5.75 Å². The summed E-state index contributed by atoms with van der Waals surface area (Å²) in [7, 11) is 0. The van der Waals surface area contributed by atoms with E-state index in [-0.39, 0.29) is 17.4 Å². The first kappa shape index (κ1) is 11.4. The van der Waals surface area contributed by atoms with Crippen molar-refractivity contribution < 1.29 is 9.90 Å². The molecule has 1 aromatic carbocycles. The van der Waals surface area contributed by atoms with E-state index in [4.69, 9.17) is 5.73 Å². The molecule has 0 bridgehead atoms. The second-order valence-electron chi connectivity index (χ2n) is 3.85. The van der Waals surface area contributed by atoms with Gasteiger partial charge in [0.25, 0.3) is 5.91 Å². The maximum atomic E-state index is 10.9. The minimum atomic E-state index is -0.619. The molecular formula is C11H16N2O2. The maximum Gasteiger partial charge on any atom is 0.252 e. The zero-order valence-electron chi connectivity index (χ0n) is 9.16. The monoisotopic (exact) mass is 208 g/mol. The number of anilines is 1. The molecule has 0 aromatic heterocycles. The van der Waals surface area contributed by atoms with E-state index < -0.39 is 5.91 Å². The van der Waals surface area contributed by atoms with E-state index in [9.17, 15) is 9.90 Å². The lowest BCUT2D eigenvalue weighted by Gasteiger charge is -2.14. The maximum absolute atomic E-state index is 10.9. The second kappa shape index (κ2) is 4.21. The van der Waals surface area contributed by atoms with E-state index >= 15 is 0 Å². The smallest absolute Gasteiger partial charge is 0.252 e. The normalized spacial score (nSPS) is 10.4. The number of rotatable bonds is 3. The van der Waals surface area contributed by atoms with Gasteiger partial charge in [0, 0.05) is 17.8 Å². The SMILES string of the molecule is Cc1cc(C(N)=O)c(O)cc1NC(C)C. The van der Waals surface area contributed by atoms with Crippen LogP contribution in [0.15, 0.2) is 12.1 Å². The average Bonchev–Trinajstić information content (AvgIpc) is 2.09. The Bertz CT molecular complexity index is 386. The Morgan fingerprint density at radius 1 is 1.47 bits per heavy atom. The van der Waals surface area contributed by atoms with Crippen LogP contribution in [-0.2, 0) is 0 Å². The summed E-state index contributed by atoms with van der Waals surface area (Å²) in [5, 5.41) is 12.7. The van der Waals surface area contributed by atoms with E-state index in [0.29, 0.717) is 0 Å². The van der Waals surface area contributed by atoms with Crippen molar-refractivity contribution in [2.45, 2.75) is 26.8 Å². The number of hydrogen-bond donors (Lipinski definition) is 3. The summed E-state index contributed by atoms with van der Waals surface area (Å²) in [6.45, 7) is 5.85. The van der Waals surface area contributed by atoms with Gasteiger partial charge in [-0.25, -0.2) is 0 Å². The van der Waals surface area contributed by atoms with Gasteiger partial charge in [-0.05, 0) is 32.4 Å². The summed E-state index contributed by atoms with van der Waals surface area (Å²) in [4.78, 5) is 10.9. The predicted molar refractivity (Wildman–Crippen MR) is 60.1 cm³/mol. The molecule has 0 radical (unpaired) electrons. The van der Waals surface area contributed by atoms with Crippen molar-refractivity contribution in [3.05, 3.63) is 23.3 Å². The molecule has 15 heavy (non-hydrogen) atoms. The van der Waals surface area contributed by atoms with Crippen molar-refractivity contribution in [3.8, 4) is 5.75 Å². The molecular weight excluding hydrogens is 192 g/mol. The molecule has 0 aliphatic carbocycles. The lowest BCUT2D eigenvalue weighted by molar-refractivity contribution is 0.0997. The zero-order chi connectivity index (χ0) is 11.6. The molecule has 0 aliphatic heterocycles. The van der Waals surface area contributed by atoms with Crippen LogP contribution < -0.4 is 11.1 Å². The van der Waals surface area contributed by atoms with E-state index in [1.165, 1.54) is 6.07 Å². The Morgan fingerprint density at radius 3 is 2.53 bits per heavy atom. The molecule has 1 rings (SSSR count). The summed E-state index contributed by atoms with van der Waals surface area (Å²) in [6, 6.07) is 3.38. The first-order chi connectivity index (χ1) is 6.91. The van der Waals surface area contributed by atoms with E-state index in [1.54, 1.807) is 6.07 Å². The lowest BCUT2D eigenvalue weighted by atomic mass is 10.1. The fraction of sp³-hybridized carbons (Fsp3) is 0.364. The molecule has 4 nitrogen and oxygen atoms in total. The van der Waals surface area contributed by atoms with Crippen molar-refractivity contribution in [1.82, 2.24) is 0 Å². The minimum absolute atomic E-state index is 0.0868. The molecule has 0 unspecified atom stereocenters. The van der Waals surface area contributed by atoms with Crippen LogP contribution >= 0.6 is 0 Å². The van der Waals surface area contributed by atoms with Gasteiger partial charge in [0.2, 0.25) is 0 Å². The fourth-order valence-corrected chi connectivity index (χ4v) is 1.36. The first-order valence-electron chi connectivity index (χ1n) is 4.81. The van der Waals surface area contributed by atoms with Gasteiger partial charge in [-0.2, -0.15) is 0 Å². The number of hydrogen-bond acceptors (Lipinski definition) is 3. The Morgan fingerprint density at radius 2 is 2.07 bits per heavy atom. The standard InChI is InChI=1S/C11H16N2O2/c1-6(2)13-9-5-10(14)8(11(12)15)4-7(9)3/h4-6,13-14H,1-3H3,(H2,12,15). The summed E-state index contributed by atoms with van der Waals surface area (Å²) in [5.41, 5.74) is 6.97. The molecule has 0 heterocycles. The highest BCUT2D eigenvalue weighted by Crippen LogP contribution is 2.26. The largest absolute Gasteiger partial charge is 0.507 e. The number of phenols is 1. The predicted octanol–water partition coefficient (Wildman–Crippen LogP) is 1.62. The van der Waals surface area contributed by atoms with Crippen molar-refractivity contribution >= 4 is 11.6 Å². The number of carbonyl (C=O) groups excluding carboxylic acids is 1. The van der Waals surface area contributed by atoms with Crippen molar-refractivity contribution in [1.29, 1.82) is 0 Å². The number of amides is 1. The van der Waals surface area contributed by atoms with E-state index in [2.05, 4.69) is 5.32 Å². The number of carbonyl (C=O) groups is 1. The number of primary amides is 1. The third-order valence-corrected chi connectivity index (χ3v) is 2.05. The molecule has 0 spiro atoms. The molecule has 1 amide bonds. The number of nitrogens with two attached hydrogens (primary N) is 1. The van der Waals surface area contributed by atoms with Gasteiger partial charge in [-0.3, -0.25) is 4.79 Å². The number of aryl methyl sites for hydroxylation is 1. The Hall–Kier alpha value is -1.71. The number of aromatic hydroxyl groups is 1. The van der Waals surface area contributed by atoms with Crippen LogP contribution in [0.5, 0.6) is 5.75 Å². The summed E-state index contributed by atoms with van der Waals surface area (Å²) >= 11 is 0. The first-order valence-corrected chi connectivity index (χ1v) is 4.81. The van der Waals surface area contributed by atoms with Crippen LogP contribution in [0.2, 0.25) is 0 Å². The van der Waals surface area contributed by atoms with Gasteiger partial charge >= 0.3 is 0 Å². The van der Waals surface area contributed by atoms with Gasteiger partial charge < -0.3 is 16.2 Å². The molecule has 0 saturated heterocycles. The van der Waals surface area contributed by atoms with Crippen LogP contribution in [0.4, 0.5) is 5.69 Å². The Labute approximate surface area is 89.1 Å². The van der Waals surface area contributed by atoms with Crippen LogP contribution in [0, 0.1) is 6.92 Å². The topological polar surface area (TPSA) is 75.4 Å². The van der Waals surface area contributed by atoms with Crippen molar-refractivity contribution in [3.63, 3.8) is 0 Å². The Kier molecular flexibility index (Phi) is 3.19. The molecule has 4 heteroatoms. The van der Waals surface area contributed by atoms with Gasteiger partial charge in [0.05, 0.1) is 5.56 Å². The number of nitrogens with one attached hydrogen (secondary N) is 1. The van der Waals surface area contributed by atoms with Crippen LogP contribution in [0.1, 0.15) is 29.8 Å². The van der Waals surface area contributed by atoms with Crippen molar-refractivity contribution in [2.75, 3.05) is 5.32 Å². The summed E-state index contributed by atoms with van der Waals surface area (Å²) < 4.78 is 0. The molecule has 0 fully saturated rings. The van der Waals surface area contributed by atoms with Gasteiger partial charge in [-0.1, -0.05) is 0 Å². The number of benzene rings is 1. The molecule has 1 aromatic rings. The van der Waals surface area contributed by atoms with Crippen LogP contribution in [0.25, 0.3) is 0 Å². The highest BCUT2D eigenvalue weighted by molar-refractivity contribution is 5.96. The highest BCUT2D eigenvalue weighted by atomic mass is 16.3. The van der Waals surface area contributed by atoms with E-state index in [0.717, 1.165) is 11.3 Å². The average molecular weight is 208 g/mol. The Balaban J connectivity index is 3.13. The molecule has 4 N–H and O–H groups in total. The molecule has 0 aliphatic rings. The van der Waals surface area contributed by atoms with Crippen LogP contribution in [-0.4, -0.2) is 17.1 Å². The quantitative estimate of drug-likeness (QED) is 0.706. The van der Waals surface area contributed by atoms with Gasteiger partial charge in [0.15, 0.2) is 0 Å². The molecule has 0 atom stereocenters. The van der Waals surface area contributed by atoms with Crippen LogP contribution in [0.3, 0.4) is 0 Å². The zero-order valence-corrected chi connectivity index (χ0v) is 9.16. The highest BCUT2D eigenvalue weighted by Gasteiger charge is 2.11. The summed E-state index contributed by atoms with van der Waals surface area (Å²) in [6.07, 6.45) is 0. The third kappa shape index (κ3) is 2.62.